The Hall–Kier alpha value is -0.940. The third-order valence-electron chi connectivity index (χ3n) is 4.44. The molecule has 108 valence electrons. The fourth-order valence-corrected chi connectivity index (χ4v) is 3.03. The van der Waals surface area contributed by atoms with E-state index in [1.54, 1.807) is 0 Å². The molecule has 0 aromatic heterocycles. The number of ether oxygens (including phenoxy) is 3. The maximum Gasteiger partial charge on any atom is 0.313 e. The molecule has 1 saturated carbocycles. The van der Waals surface area contributed by atoms with Gasteiger partial charge in [0.25, 0.3) is 0 Å². The van der Waals surface area contributed by atoms with Gasteiger partial charge < -0.3 is 14.2 Å². The third-order valence-corrected chi connectivity index (χ3v) is 4.44. The molecule has 0 unspecified atom stereocenters. The van der Waals surface area contributed by atoms with Crippen LogP contribution in [-0.4, -0.2) is 38.4 Å². The van der Waals surface area contributed by atoms with Crippen LogP contribution in [0.2, 0.25) is 0 Å². The second kappa shape index (κ2) is 5.59. The summed E-state index contributed by atoms with van der Waals surface area (Å²) in [5.41, 5.74) is 0.126. The summed E-state index contributed by atoms with van der Waals surface area (Å²) in [4.78, 5) is 22.8. The van der Waals surface area contributed by atoms with Crippen molar-refractivity contribution in [3.63, 3.8) is 0 Å². The summed E-state index contributed by atoms with van der Waals surface area (Å²) in [7, 11) is 1.30. The molecule has 0 spiro atoms. The zero-order valence-electron chi connectivity index (χ0n) is 11.8. The van der Waals surface area contributed by atoms with Gasteiger partial charge in [0.2, 0.25) is 0 Å². The fraction of sp³-hybridized carbons (Fsp3) is 0.857. The Kier molecular flexibility index (Phi) is 4.26. The second-order valence-corrected chi connectivity index (χ2v) is 5.94. The van der Waals surface area contributed by atoms with Crippen LogP contribution in [-0.2, 0) is 23.8 Å². The SMILES string of the molecule is COC(=O)CC(=O)C[C@H]1[C@@H](CC2OCCO2)C1(C)C. The first-order chi connectivity index (χ1) is 8.95. The van der Waals surface area contributed by atoms with Crippen LogP contribution in [0, 0.1) is 17.3 Å². The number of hydrogen-bond donors (Lipinski definition) is 0. The average molecular weight is 270 g/mol. The molecule has 0 amide bonds. The van der Waals surface area contributed by atoms with E-state index in [4.69, 9.17) is 9.47 Å². The van der Waals surface area contributed by atoms with E-state index < -0.39 is 5.97 Å². The van der Waals surface area contributed by atoms with Crippen LogP contribution in [0.25, 0.3) is 0 Å². The lowest BCUT2D eigenvalue weighted by Crippen LogP contribution is -2.11. The molecule has 5 nitrogen and oxygen atoms in total. The van der Waals surface area contributed by atoms with Crippen molar-refractivity contribution >= 4 is 11.8 Å². The number of ketones is 1. The molecule has 0 N–H and O–H groups in total. The van der Waals surface area contributed by atoms with Crippen LogP contribution < -0.4 is 0 Å². The predicted octanol–water partition coefficient (Wildman–Crippen LogP) is 1.54. The Labute approximate surface area is 113 Å². The molecule has 0 aromatic rings. The third kappa shape index (κ3) is 3.34. The molecule has 19 heavy (non-hydrogen) atoms. The van der Waals surface area contributed by atoms with Crippen molar-refractivity contribution in [3.05, 3.63) is 0 Å². The smallest absolute Gasteiger partial charge is 0.313 e. The summed E-state index contributed by atoms with van der Waals surface area (Å²) >= 11 is 0. The zero-order chi connectivity index (χ0) is 14.0. The Morgan fingerprint density at radius 3 is 2.42 bits per heavy atom. The molecule has 5 heteroatoms. The van der Waals surface area contributed by atoms with Crippen molar-refractivity contribution in [1.82, 2.24) is 0 Å². The van der Waals surface area contributed by atoms with Crippen LogP contribution in [0.1, 0.15) is 33.1 Å². The molecule has 2 fully saturated rings. The predicted molar refractivity (Wildman–Crippen MR) is 67.3 cm³/mol. The van der Waals surface area contributed by atoms with Gasteiger partial charge in [-0.2, -0.15) is 0 Å². The Balaban J connectivity index is 1.80. The monoisotopic (exact) mass is 270 g/mol. The first-order valence-electron chi connectivity index (χ1n) is 6.77. The molecule has 0 radical (unpaired) electrons. The number of carbonyl (C=O) groups is 2. The number of methoxy groups -OCH3 is 1. The number of Topliss-reactive ketones (excluding diaryl/α,β-unsaturated/α-hetero) is 1. The van der Waals surface area contributed by atoms with Gasteiger partial charge in [-0.25, -0.2) is 0 Å². The number of rotatable bonds is 6. The van der Waals surface area contributed by atoms with Crippen LogP contribution >= 0.6 is 0 Å². The van der Waals surface area contributed by atoms with Crippen molar-refractivity contribution in [2.24, 2.45) is 17.3 Å². The van der Waals surface area contributed by atoms with E-state index in [0.29, 0.717) is 31.5 Å². The summed E-state index contributed by atoms with van der Waals surface area (Å²) in [5, 5.41) is 0. The van der Waals surface area contributed by atoms with E-state index in [-0.39, 0.29) is 23.9 Å². The minimum Gasteiger partial charge on any atom is -0.469 e. The normalized spacial score (nSPS) is 29.2. The molecular weight excluding hydrogens is 248 g/mol. The number of carbonyl (C=O) groups excluding carboxylic acids is 2. The molecule has 1 heterocycles. The summed E-state index contributed by atoms with van der Waals surface area (Å²) in [6.45, 7) is 5.62. The molecule has 2 rings (SSSR count). The standard InChI is InChI=1S/C14H22O5/c1-14(2)10(6-9(15)7-12(16)17-3)11(14)8-13-18-4-5-19-13/h10-11,13H,4-8H2,1-3H3/t10-,11+/m0/s1. The molecule has 2 atom stereocenters. The molecule has 1 aliphatic heterocycles. The summed E-state index contributed by atoms with van der Waals surface area (Å²) in [6, 6.07) is 0. The van der Waals surface area contributed by atoms with Gasteiger partial charge in [0.05, 0.1) is 20.3 Å². The highest BCUT2D eigenvalue weighted by molar-refractivity contribution is 5.95. The maximum absolute atomic E-state index is 11.8. The topological polar surface area (TPSA) is 61.8 Å². The minimum absolute atomic E-state index is 0.0410. The van der Waals surface area contributed by atoms with Crippen molar-refractivity contribution < 1.29 is 23.8 Å². The maximum atomic E-state index is 11.8. The van der Waals surface area contributed by atoms with Gasteiger partial charge in [-0.3, -0.25) is 9.59 Å². The Morgan fingerprint density at radius 2 is 1.84 bits per heavy atom. The van der Waals surface area contributed by atoms with Gasteiger partial charge in [-0.15, -0.1) is 0 Å². The van der Waals surface area contributed by atoms with Crippen LogP contribution in [0.3, 0.4) is 0 Å². The van der Waals surface area contributed by atoms with Crippen molar-refractivity contribution in [1.29, 1.82) is 0 Å². The largest absolute Gasteiger partial charge is 0.469 e. The van der Waals surface area contributed by atoms with E-state index in [1.165, 1.54) is 7.11 Å². The van der Waals surface area contributed by atoms with E-state index in [0.717, 1.165) is 6.42 Å². The second-order valence-electron chi connectivity index (χ2n) is 5.94. The van der Waals surface area contributed by atoms with Gasteiger partial charge in [0.15, 0.2) is 6.29 Å². The fourth-order valence-electron chi connectivity index (χ4n) is 3.03. The van der Waals surface area contributed by atoms with E-state index in [2.05, 4.69) is 18.6 Å². The molecule has 1 aliphatic carbocycles. The van der Waals surface area contributed by atoms with Crippen LogP contribution in [0.15, 0.2) is 0 Å². The molecule has 0 bridgehead atoms. The lowest BCUT2D eigenvalue weighted by molar-refractivity contribution is -0.143. The van der Waals surface area contributed by atoms with E-state index in [9.17, 15) is 9.59 Å². The Bertz CT molecular complexity index is 357. The number of esters is 1. The Morgan fingerprint density at radius 1 is 1.21 bits per heavy atom. The highest BCUT2D eigenvalue weighted by Crippen LogP contribution is 2.62. The van der Waals surface area contributed by atoms with Crippen molar-refractivity contribution in [2.45, 2.75) is 39.4 Å². The minimum atomic E-state index is -0.456. The first-order valence-corrected chi connectivity index (χ1v) is 6.77. The van der Waals surface area contributed by atoms with Crippen LogP contribution in [0.4, 0.5) is 0 Å². The zero-order valence-corrected chi connectivity index (χ0v) is 11.8. The lowest BCUT2D eigenvalue weighted by Gasteiger charge is -2.09. The van der Waals surface area contributed by atoms with Gasteiger partial charge in [0.1, 0.15) is 12.2 Å². The molecule has 1 saturated heterocycles. The lowest BCUT2D eigenvalue weighted by atomic mass is 10.0. The quantitative estimate of drug-likeness (QED) is 0.541. The van der Waals surface area contributed by atoms with Gasteiger partial charge >= 0.3 is 5.97 Å². The molecule has 2 aliphatic rings. The number of hydrogen-bond acceptors (Lipinski definition) is 5. The highest BCUT2D eigenvalue weighted by Gasteiger charge is 2.58. The van der Waals surface area contributed by atoms with E-state index in [1.807, 2.05) is 0 Å². The highest BCUT2D eigenvalue weighted by atomic mass is 16.7. The van der Waals surface area contributed by atoms with E-state index >= 15 is 0 Å². The summed E-state index contributed by atoms with van der Waals surface area (Å²) in [6.07, 6.45) is 1.04. The first kappa shape index (κ1) is 14.5. The van der Waals surface area contributed by atoms with Gasteiger partial charge in [-0.1, -0.05) is 13.8 Å². The van der Waals surface area contributed by atoms with Crippen LogP contribution in [0.5, 0.6) is 0 Å². The average Bonchev–Trinajstić information content (AvgIpc) is 2.76. The van der Waals surface area contributed by atoms with Gasteiger partial charge in [-0.05, 0) is 17.3 Å². The summed E-state index contributed by atoms with van der Waals surface area (Å²) in [5.74, 6) is 0.248. The van der Waals surface area contributed by atoms with Gasteiger partial charge in [0, 0.05) is 12.8 Å². The molecule has 0 aromatic carbocycles. The molecular formula is C14H22O5. The van der Waals surface area contributed by atoms with Crippen molar-refractivity contribution in [2.75, 3.05) is 20.3 Å². The van der Waals surface area contributed by atoms with Crippen molar-refractivity contribution in [3.8, 4) is 0 Å². The summed E-state index contributed by atoms with van der Waals surface area (Å²) < 4.78 is 15.4.